The topological polar surface area (TPSA) is 73.1 Å². The van der Waals surface area contributed by atoms with Gasteiger partial charge in [0.05, 0.1) is 18.7 Å². The van der Waals surface area contributed by atoms with Gasteiger partial charge in [-0.05, 0) is 31.6 Å². The van der Waals surface area contributed by atoms with Gasteiger partial charge in [0.15, 0.2) is 5.65 Å². The lowest BCUT2D eigenvalue weighted by Gasteiger charge is -2.30. The molecule has 0 amide bonds. The Kier molecular flexibility index (Phi) is 4.08. The predicted molar refractivity (Wildman–Crippen MR) is 89.7 cm³/mol. The Morgan fingerprint density at radius 2 is 2.08 bits per heavy atom. The number of nitrogens with zero attached hydrogens (tertiary/aromatic N) is 5. The van der Waals surface area contributed by atoms with E-state index in [4.69, 9.17) is 4.74 Å². The highest BCUT2D eigenvalue weighted by Gasteiger charge is 2.35. The summed E-state index contributed by atoms with van der Waals surface area (Å²) < 4.78 is 6.32. The number of aromatic nitrogens is 4. The zero-order valence-corrected chi connectivity index (χ0v) is 14.0. The molecule has 1 saturated heterocycles. The quantitative estimate of drug-likeness (QED) is 0.800. The average Bonchev–Trinajstić information content (AvgIpc) is 3.34. The van der Waals surface area contributed by atoms with Crippen LogP contribution in [0.1, 0.15) is 38.5 Å². The molecular weight excluding hydrogens is 306 g/mol. The number of fused-ring (bicyclic) bond motifs is 1. The largest absolute Gasteiger partial charge is 0.468 e. The number of methoxy groups -OCH3 is 1. The average molecular weight is 329 g/mol. The van der Waals surface area contributed by atoms with Crippen LogP contribution < -0.4 is 4.90 Å². The molecule has 0 unspecified atom stereocenters. The highest BCUT2D eigenvalue weighted by molar-refractivity contribution is 5.87. The first-order valence-electron chi connectivity index (χ1n) is 8.78. The Morgan fingerprint density at radius 3 is 2.88 bits per heavy atom. The third kappa shape index (κ3) is 2.61. The molecule has 2 aromatic rings. The summed E-state index contributed by atoms with van der Waals surface area (Å²) >= 11 is 0. The monoisotopic (exact) mass is 329 g/mol. The van der Waals surface area contributed by atoms with Gasteiger partial charge in [0.1, 0.15) is 18.7 Å². The lowest BCUT2D eigenvalue weighted by atomic mass is 9.96. The summed E-state index contributed by atoms with van der Waals surface area (Å²) in [4.78, 5) is 22.9. The van der Waals surface area contributed by atoms with E-state index in [-0.39, 0.29) is 12.5 Å². The van der Waals surface area contributed by atoms with E-state index in [1.54, 1.807) is 17.2 Å². The fourth-order valence-electron chi connectivity index (χ4n) is 4.30. The van der Waals surface area contributed by atoms with Crippen LogP contribution in [0.25, 0.3) is 11.0 Å². The van der Waals surface area contributed by atoms with Crippen molar-refractivity contribution in [2.24, 2.45) is 5.92 Å². The summed E-state index contributed by atoms with van der Waals surface area (Å²) in [6.45, 7) is 1.11. The lowest BCUT2D eigenvalue weighted by molar-refractivity contribution is -0.141. The molecule has 2 aromatic heterocycles. The van der Waals surface area contributed by atoms with Crippen LogP contribution in [0.5, 0.6) is 0 Å². The molecule has 0 bridgehead atoms. The van der Waals surface area contributed by atoms with E-state index in [9.17, 15) is 4.79 Å². The molecule has 2 fully saturated rings. The van der Waals surface area contributed by atoms with Gasteiger partial charge in [-0.3, -0.25) is 4.79 Å². The van der Waals surface area contributed by atoms with E-state index < -0.39 is 0 Å². The van der Waals surface area contributed by atoms with Crippen LogP contribution >= 0.6 is 0 Å². The smallest absolute Gasteiger partial charge is 0.327 e. The Balaban J connectivity index is 1.67. The van der Waals surface area contributed by atoms with E-state index in [0.29, 0.717) is 11.7 Å². The molecule has 7 heteroatoms. The van der Waals surface area contributed by atoms with Crippen molar-refractivity contribution in [1.82, 2.24) is 19.7 Å². The number of esters is 1. The van der Waals surface area contributed by atoms with E-state index in [1.165, 1.54) is 45.6 Å². The number of ether oxygens (including phenoxy) is 1. The van der Waals surface area contributed by atoms with E-state index in [0.717, 1.165) is 23.7 Å². The molecular formula is C17H23N5O2. The Bertz CT molecular complexity index is 738. The van der Waals surface area contributed by atoms with E-state index >= 15 is 0 Å². The number of rotatable bonds is 4. The minimum Gasteiger partial charge on any atom is -0.468 e. The van der Waals surface area contributed by atoms with Crippen molar-refractivity contribution in [1.29, 1.82) is 0 Å². The zero-order valence-electron chi connectivity index (χ0n) is 14.0. The summed E-state index contributed by atoms with van der Waals surface area (Å²) in [5, 5.41) is 5.25. The minimum atomic E-state index is -0.329. The first-order chi connectivity index (χ1) is 11.8. The molecule has 3 heterocycles. The van der Waals surface area contributed by atoms with Gasteiger partial charge >= 0.3 is 5.97 Å². The number of hydrogen-bond acceptors (Lipinski definition) is 6. The standard InChI is InChI=1S/C17H23N5O2/c1-24-15(23)10-22-17-13(9-20-22)16(18-11-19-17)21-8-4-7-14(21)12-5-2-3-6-12/h9,11-12,14H,2-8,10H2,1H3/t14-/m0/s1. The van der Waals surface area contributed by atoms with Crippen LogP contribution in [-0.4, -0.2) is 45.4 Å². The van der Waals surface area contributed by atoms with Crippen molar-refractivity contribution in [2.75, 3.05) is 18.6 Å². The molecule has 4 rings (SSSR count). The molecule has 1 aliphatic heterocycles. The predicted octanol–water partition coefficient (Wildman–Crippen LogP) is 2.16. The number of hydrogen-bond donors (Lipinski definition) is 0. The summed E-state index contributed by atoms with van der Waals surface area (Å²) in [7, 11) is 1.38. The van der Waals surface area contributed by atoms with Gasteiger partial charge in [-0.15, -0.1) is 0 Å². The summed E-state index contributed by atoms with van der Waals surface area (Å²) in [5.41, 5.74) is 0.697. The molecule has 1 aliphatic carbocycles. The number of carbonyl (C=O) groups excluding carboxylic acids is 1. The highest BCUT2D eigenvalue weighted by Crippen LogP contribution is 2.38. The van der Waals surface area contributed by atoms with Crippen LogP contribution in [0.2, 0.25) is 0 Å². The second-order valence-electron chi connectivity index (χ2n) is 6.76. The second kappa shape index (κ2) is 6.37. The van der Waals surface area contributed by atoms with Gasteiger partial charge in [0.25, 0.3) is 0 Å². The molecule has 0 spiro atoms. The molecule has 1 atom stereocenters. The summed E-state index contributed by atoms with van der Waals surface area (Å²) in [6, 6.07) is 0.578. The summed E-state index contributed by atoms with van der Waals surface area (Å²) in [5.74, 6) is 1.42. The van der Waals surface area contributed by atoms with Crippen molar-refractivity contribution in [2.45, 2.75) is 51.1 Å². The Labute approximate surface area is 141 Å². The van der Waals surface area contributed by atoms with Gasteiger partial charge in [-0.2, -0.15) is 5.10 Å². The molecule has 1 saturated carbocycles. The van der Waals surface area contributed by atoms with Crippen LogP contribution in [0.15, 0.2) is 12.5 Å². The summed E-state index contributed by atoms with van der Waals surface area (Å²) in [6.07, 6.45) is 11.2. The molecule has 24 heavy (non-hydrogen) atoms. The first-order valence-corrected chi connectivity index (χ1v) is 8.78. The van der Waals surface area contributed by atoms with Gasteiger partial charge in [0.2, 0.25) is 0 Å². The minimum absolute atomic E-state index is 0.0719. The molecule has 128 valence electrons. The van der Waals surface area contributed by atoms with Gasteiger partial charge < -0.3 is 9.64 Å². The van der Waals surface area contributed by atoms with Crippen LogP contribution in [0.3, 0.4) is 0 Å². The Hall–Kier alpha value is -2.18. The number of carbonyl (C=O) groups is 1. The second-order valence-corrected chi connectivity index (χ2v) is 6.76. The van der Waals surface area contributed by atoms with Crippen molar-refractivity contribution in [3.63, 3.8) is 0 Å². The van der Waals surface area contributed by atoms with E-state index in [2.05, 4.69) is 20.0 Å². The first kappa shape index (κ1) is 15.4. The normalized spacial score (nSPS) is 21.7. The van der Waals surface area contributed by atoms with Crippen LogP contribution in [0, 0.1) is 5.92 Å². The maximum absolute atomic E-state index is 11.6. The highest BCUT2D eigenvalue weighted by atomic mass is 16.5. The molecule has 0 N–H and O–H groups in total. The SMILES string of the molecule is COC(=O)Cn1ncc2c(N3CCC[C@H]3C3CCCC3)ncnc21. The zero-order chi connectivity index (χ0) is 16.5. The van der Waals surface area contributed by atoms with Gasteiger partial charge in [0, 0.05) is 12.6 Å². The van der Waals surface area contributed by atoms with Crippen molar-refractivity contribution < 1.29 is 9.53 Å². The molecule has 0 aromatic carbocycles. The van der Waals surface area contributed by atoms with Crippen molar-refractivity contribution in [3.05, 3.63) is 12.5 Å². The maximum Gasteiger partial charge on any atom is 0.327 e. The molecule has 0 radical (unpaired) electrons. The molecule has 2 aliphatic rings. The fourth-order valence-corrected chi connectivity index (χ4v) is 4.30. The van der Waals surface area contributed by atoms with Gasteiger partial charge in [-0.1, -0.05) is 12.8 Å². The maximum atomic E-state index is 11.6. The molecule has 7 nitrogen and oxygen atoms in total. The van der Waals surface area contributed by atoms with E-state index in [1.807, 2.05) is 0 Å². The van der Waals surface area contributed by atoms with Crippen molar-refractivity contribution >= 4 is 22.8 Å². The van der Waals surface area contributed by atoms with Crippen LogP contribution in [-0.2, 0) is 16.1 Å². The van der Waals surface area contributed by atoms with Crippen molar-refractivity contribution in [3.8, 4) is 0 Å². The van der Waals surface area contributed by atoms with Crippen LogP contribution in [0.4, 0.5) is 5.82 Å². The lowest BCUT2D eigenvalue weighted by Crippen LogP contribution is -2.35. The Morgan fingerprint density at radius 1 is 1.25 bits per heavy atom. The number of anilines is 1. The third-order valence-corrected chi connectivity index (χ3v) is 5.43. The van der Waals surface area contributed by atoms with Gasteiger partial charge in [-0.25, -0.2) is 14.6 Å². The third-order valence-electron chi connectivity index (χ3n) is 5.43. The fraction of sp³-hybridized carbons (Fsp3) is 0.647.